The Bertz CT molecular complexity index is 932. The summed E-state index contributed by atoms with van der Waals surface area (Å²) in [5.74, 6) is 2.93. The van der Waals surface area contributed by atoms with E-state index in [4.69, 9.17) is 6.42 Å². The van der Waals surface area contributed by atoms with Gasteiger partial charge in [0.15, 0.2) is 0 Å². The van der Waals surface area contributed by atoms with E-state index in [0.29, 0.717) is 22.6 Å². The number of terminal acetylenes is 1. The van der Waals surface area contributed by atoms with E-state index in [-0.39, 0.29) is 11.9 Å². The predicted molar refractivity (Wildman–Crippen MR) is 98.9 cm³/mol. The molecular formula is C20H18N4O2. The molecule has 1 saturated heterocycles. The maximum Gasteiger partial charge on any atom is 0.324 e. The third kappa shape index (κ3) is 2.78. The van der Waals surface area contributed by atoms with E-state index in [9.17, 15) is 9.59 Å². The van der Waals surface area contributed by atoms with Crippen LogP contribution >= 0.6 is 0 Å². The number of urea groups is 1. The molecule has 2 N–H and O–H groups in total. The summed E-state index contributed by atoms with van der Waals surface area (Å²) in [5.41, 5.74) is 2.90. The van der Waals surface area contributed by atoms with Gasteiger partial charge in [-0.25, -0.2) is 9.78 Å². The number of aromatic nitrogens is 1. The van der Waals surface area contributed by atoms with Crippen molar-refractivity contribution >= 4 is 23.4 Å². The minimum absolute atomic E-state index is 0.0469. The van der Waals surface area contributed by atoms with Gasteiger partial charge in [-0.2, -0.15) is 0 Å². The smallest absolute Gasteiger partial charge is 0.324 e. The quantitative estimate of drug-likeness (QED) is 0.819. The monoisotopic (exact) mass is 346 g/mol. The number of fused-ring (bicyclic) bond motifs is 3. The normalized spacial score (nSPS) is 17.9. The van der Waals surface area contributed by atoms with Crippen molar-refractivity contribution in [2.75, 3.05) is 17.2 Å². The van der Waals surface area contributed by atoms with Gasteiger partial charge in [-0.15, -0.1) is 6.42 Å². The zero-order chi connectivity index (χ0) is 18.1. The number of carbonyl (C=O) groups is 2. The Balaban J connectivity index is 1.57. The lowest BCUT2D eigenvalue weighted by molar-refractivity contribution is 0.0672. The molecule has 1 aromatic carbocycles. The van der Waals surface area contributed by atoms with Crippen LogP contribution in [0.3, 0.4) is 0 Å². The van der Waals surface area contributed by atoms with Gasteiger partial charge in [-0.05, 0) is 43.5 Å². The third-order valence-electron chi connectivity index (χ3n) is 4.85. The summed E-state index contributed by atoms with van der Waals surface area (Å²) in [4.78, 5) is 31.0. The molecule has 6 nitrogen and oxygen atoms in total. The van der Waals surface area contributed by atoms with Gasteiger partial charge < -0.3 is 10.2 Å². The number of nitrogens with one attached hydrogen (secondary N) is 2. The fourth-order valence-electron chi connectivity index (χ4n) is 3.71. The first-order chi connectivity index (χ1) is 12.7. The third-order valence-corrected chi connectivity index (χ3v) is 4.85. The standard InChI is InChI=1S/C20H18N4O2/c1-2-13-9-10-21-17(12-13)23-20(26)22-15-7-5-6-14-18(15)16-8-3-4-11-24(16)19(14)25/h1,5-7,9-10,12,16H,3-4,8,11H2,(H2,21,22,23,26)/t16-/m1/s1. The number of piperidine rings is 1. The zero-order valence-corrected chi connectivity index (χ0v) is 14.2. The highest BCUT2D eigenvalue weighted by atomic mass is 16.2. The molecule has 26 heavy (non-hydrogen) atoms. The van der Waals surface area contributed by atoms with Crippen molar-refractivity contribution in [2.45, 2.75) is 25.3 Å². The van der Waals surface area contributed by atoms with Crippen LogP contribution in [-0.2, 0) is 0 Å². The van der Waals surface area contributed by atoms with Crippen molar-refractivity contribution in [3.63, 3.8) is 0 Å². The highest BCUT2D eigenvalue weighted by Gasteiger charge is 2.39. The second-order valence-corrected chi connectivity index (χ2v) is 6.43. The Hall–Kier alpha value is -3.33. The molecular weight excluding hydrogens is 328 g/mol. The van der Waals surface area contributed by atoms with Crippen LogP contribution in [0.4, 0.5) is 16.3 Å². The fraction of sp³-hybridized carbons (Fsp3) is 0.250. The number of rotatable bonds is 2. The molecule has 4 rings (SSSR count). The maximum absolute atomic E-state index is 12.6. The summed E-state index contributed by atoms with van der Waals surface area (Å²) in [5, 5.41) is 5.55. The van der Waals surface area contributed by atoms with Crippen LogP contribution in [0.15, 0.2) is 36.5 Å². The molecule has 0 aliphatic carbocycles. The zero-order valence-electron chi connectivity index (χ0n) is 14.2. The first-order valence-corrected chi connectivity index (χ1v) is 8.62. The van der Waals surface area contributed by atoms with Crippen molar-refractivity contribution in [3.8, 4) is 12.3 Å². The summed E-state index contributed by atoms with van der Waals surface area (Å²) in [7, 11) is 0. The molecule has 6 heteroatoms. The van der Waals surface area contributed by atoms with E-state index >= 15 is 0 Å². The molecule has 1 atom stereocenters. The van der Waals surface area contributed by atoms with Crippen LogP contribution in [0, 0.1) is 12.3 Å². The first-order valence-electron chi connectivity index (χ1n) is 8.62. The van der Waals surface area contributed by atoms with E-state index in [1.807, 2.05) is 17.0 Å². The maximum atomic E-state index is 12.6. The molecule has 0 unspecified atom stereocenters. The number of hydrogen-bond donors (Lipinski definition) is 2. The predicted octanol–water partition coefficient (Wildman–Crippen LogP) is 3.39. The molecule has 0 saturated carbocycles. The Morgan fingerprint density at radius 3 is 3.00 bits per heavy atom. The van der Waals surface area contributed by atoms with Gasteiger partial charge in [0.2, 0.25) is 0 Å². The SMILES string of the molecule is C#Cc1ccnc(NC(=O)Nc2cccc3c2[C@H]2CCCCN2C3=O)c1. The Kier molecular flexibility index (Phi) is 4.05. The topological polar surface area (TPSA) is 74.3 Å². The van der Waals surface area contributed by atoms with Crippen LogP contribution < -0.4 is 10.6 Å². The number of amides is 3. The van der Waals surface area contributed by atoms with Crippen LogP contribution in [0.1, 0.15) is 46.8 Å². The highest BCUT2D eigenvalue weighted by Crippen LogP contribution is 2.43. The largest absolute Gasteiger partial charge is 0.331 e. The number of benzene rings is 1. The van der Waals surface area contributed by atoms with E-state index in [1.54, 1.807) is 24.4 Å². The molecule has 0 spiro atoms. The molecule has 1 aromatic heterocycles. The van der Waals surface area contributed by atoms with Crippen LogP contribution in [0.5, 0.6) is 0 Å². The van der Waals surface area contributed by atoms with Gasteiger partial charge in [0.1, 0.15) is 5.82 Å². The second kappa shape index (κ2) is 6.52. The summed E-state index contributed by atoms with van der Waals surface area (Å²) >= 11 is 0. The number of carbonyl (C=O) groups excluding carboxylic acids is 2. The van der Waals surface area contributed by atoms with E-state index < -0.39 is 6.03 Å². The van der Waals surface area contributed by atoms with Gasteiger partial charge in [0.05, 0.1) is 6.04 Å². The first kappa shape index (κ1) is 16.2. The van der Waals surface area contributed by atoms with E-state index in [0.717, 1.165) is 31.4 Å². The minimum Gasteiger partial charge on any atom is -0.331 e. The van der Waals surface area contributed by atoms with Gasteiger partial charge in [0.25, 0.3) is 5.91 Å². The molecule has 2 aromatic rings. The van der Waals surface area contributed by atoms with Crippen molar-refractivity contribution in [3.05, 3.63) is 53.2 Å². The summed E-state index contributed by atoms with van der Waals surface area (Å²) in [6.45, 7) is 0.770. The number of nitrogens with zero attached hydrogens (tertiary/aromatic N) is 2. The average molecular weight is 346 g/mol. The van der Waals surface area contributed by atoms with Crippen LogP contribution in [0.2, 0.25) is 0 Å². The molecule has 130 valence electrons. The molecule has 3 amide bonds. The summed E-state index contributed by atoms with van der Waals surface area (Å²) in [6.07, 6.45) is 9.94. The van der Waals surface area contributed by atoms with Crippen molar-refractivity contribution in [1.82, 2.24) is 9.88 Å². The van der Waals surface area contributed by atoms with Crippen molar-refractivity contribution in [1.29, 1.82) is 0 Å². The lowest BCUT2D eigenvalue weighted by Gasteiger charge is -2.30. The number of pyridine rings is 1. The second-order valence-electron chi connectivity index (χ2n) is 6.43. The molecule has 2 aliphatic rings. The van der Waals surface area contributed by atoms with Crippen LogP contribution in [0.25, 0.3) is 0 Å². The van der Waals surface area contributed by atoms with Gasteiger partial charge >= 0.3 is 6.03 Å². The Morgan fingerprint density at radius 1 is 1.27 bits per heavy atom. The highest BCUT2D eigenvalue weighted by molar-refractivity contribution is 6.05. The molecule has 2 aliphatic heterocycles. The van der Waals surface area contributed by atoms with Gasteiger partial charge in [0, 0.05) is 35.1 Å². The van der Waals surface area contributed by atoms with Crippen molar-refractivity contribution < 1.29 is 9.59 Å². The van der Waals surface area contributed by atoms with Crippen molar-refractivity contribution in [2.24, 2.45) is 0 Å². The molecule has 3 heterocycles. The summed E-state index contributed by atoms with van der Waals surface area (Å²) in [6, 6.07) is 8.40. The molecule has 1 fully saturated rings. The minimum atomic E-state index is -0.415. The summed E-state index contributed by atoms with van der Waals surface area (Å²) < 4.78 is 0. The molecule has 0 bridgehead atoms. The van der Waals surface area contributed by atoms with E-state index in [2.05, 4.69) is 21.5 Å². The average Bonchev–Trinajstić information content (AvgIpc) is 2.96. The lowest BCUT2D eigenvalue weighted by atomic mass is 9.96. The lowest BCUT2D eigenvalue weighted by Crippen LogP contribution is -2.32. The number of hydrogen-bond acceptors (Lipinski definition) is 3. The Morgan fingerprint density at radius 2 is 2.15 bits per heavy atom. The Labute approximate surface area is 151 Å². The van der Waals surface area contributed by atoms with E-state index in [1.165, 1.54) is 0 Å². The van der Waals surface area contributed by atoms with Crippen LogP contribution in [-0.4, -0.2) is 28.4 Å². The van der Waals surface area contributed by atoms with Gasteiger partial charge in [-0.1, -0.05) is 12.0 Å². The van der Waals surface area contributed by atoms with Gasteiger partial charge in [-0.3, -0.25) is 10.1 Å². The molecule has 0 radical (unpaired) electrons. The fourth-order valence-corrected chi connectivity index (χ4v) is 3.71. The number of anilines is 2.